The van der Waals surface area contributed by atoms with Gasteiger partial charge in [0.25, 0.3) is 14.1 Å². The molecule has 1 aromatic rings. The first kappa shape index (κ1) is 33.8. The highest BCUT2D eigenvalue weighted by molar-refractivity contribution is 7.63. The van der Waals surface area contributed by atoms with E-state index >= 15 is 0 Å². The molecule has 2 rings (SSSR count). The van der Waals surface area contributed by atoms with Gasteiger partial charge in [-0.2, -0.15) is 0 Å². The molecule has 0 radical (unpaired) electrons. The summed E-state index contributed by atoms with van der Waals surface area (Å²) in [5, 5.41) is 0. The van der Waals surface area contributed by atoms with Crippen molar-refractivity contribution in [1.29, 1.82) is 0 Å². The summed E-state index contributed by atoms with van der Waals surface area (Å²) in [6.07, 6.45) is -1.87. The zero-order chi connectivity index (χ0) is 29.5. The minimum absolute atomic E-state index is 0.0545. The van der Waals surface area contributed by atoms with Crippen LogP contribution >= 0.6 is 15.7 Å². The summed E-state index contributed by atoms with van der Waals surface area (Å²) in [6, 6.07) is 0.109. The molecule has 1 N–H and O–H groups in total. The molecule has 0 aromatic carbocycles. The summed E-state index contributed by atoms with van der Waals surface area (Å²) >= 11 is 0. The minimum Gasteiger partial charge on any atom is -0.382 e. The molecule has 222 valence electrons. The molecule has 1 aliphatic heterocycles. The molecule has 0 amide bonds. The molecule has 39 heavy (non-hydrogen) atoms. The van der Waals surface area contributed by atoms with E-state index in [-0.39, 0.29) is 38.4 Å². The zero-order valence-electron chi connectivity index (χ0n) is 24.4. The van der Waals surface area contributed by atoms with Gasteiger partial charge in [-0.25, -0.2) is 16.0 Å². The van der Waals surface area contributed by atoms with E-state index in [2.05, 4.69) is 14.5 Å². The number of methoxy groups -OCH3 is 1. The first-order valence-corrected chi connectivity index (χ1v) is 16.9. The van der Waals surface area contributed by atoms with Crippen LogP contribution in [-0.4, -0.2) is 97.1 Å². The summed E-state index contributed by atoms with van der Waals surface area (Å²) in [5.41, 5.74) is -1.26. The SMILES string of the molecule is [C-]#[N+]CCOP(O[C@H]1[C@@H](OCCOC)[C@H](n2cc(C)c(=O)[nH]c2=O)O[C@@H]1[C@H](C)P(C)(C)=O)N(C(C)C)C(C)C. The first-order chi connectivity index (χ1) is 18.2. The number of hydrogen-bond donors (Lipinski definition) is 1. The molecule has 1 aliphatic rings. The average molecular weight is 591 g/mol. The maximum absolute atomic E-state index is 13.3. The Morgan fingerprint density at radius 3 is 2.33 bits per heavy atom. The van der Waals surface area contributed by atoms with Crippen LogP contribution in [0.4, 0.5) is 0 Å². The van der Waals surface area contributed by atoms with Gasteiger partial charge in [0.05, 0.1) is 26.5 Å². The third kappa shape index (κ3) is 8.79. The van der Waals surface area contributed by atoms with Gasteiger partial charge in [0.1, 0.15) is 18.8 Å². The Hall–Kier alpha value is -1.41. The Kier molecular flexibility index (Phi) is 13.0. The molecule has 0 spiro atoms. The second-order valence-electron chi connectivity index (χ2n) is 10.6. The molecule has 1 aromatic heterocycles. The van der Waals surface area contributed by atoms with Gasteiger partial charge in [0.2, 0.25) is 6.54 Å². The van der Waals surface area contributed by atoms with E-state index in [4.69, 9.17) is 29.8 Å². The van der Waals surface area contributed by atoms with Gasteiger partial charge in [-0.1, -0.05) is 6.92 Å². The number of H-pyrrole nitrogens is 1. The van der Waals surface area contributed by atoms with Gasteiger partial charge in [-0.05, 0) is 47.9 Å². The smallest absolute Gasteiger partial charge is 0.330 e. The maximum Gasteiger partial charge on any atom is 0.330 e. The Morgan fingerprint density at radius 2 is 1.79 bits per heavy atom. The molecule has 0 bridgehead atoms. The van der Waals surface area contributed by atoms with Gasteiger partial charge >= 0.3 is 5.69 Å². The van der Waals surface area contributed by atoms with Gasteiger partial charge in [0.15, 0.2) is 6.23 Å². The molecule has 0 aliphatic carbocycles. The summed E-state index contributed by atoms with van der Waals surface area (Å²) in [6.45, 7) is 22.9. The van der Waals surface area contributed by atoms with E-state index in [0.717, 1.165) is 0 Å². The number of nitrogens with zero attached hydrogens (tertiary/aromatic N) is 3. The van der Waals surface area contributed by atoms with Crippen LogP contribution in [0.15, 0.2) is 15.8 Å². The van der Waals surface area contributed by atoms with E-state index in [0.29, 0.717) is 5.56 Å². The maximum atomic E-state index is 13.3. The van der Waals surface area contributed by atoms with Crippen molar-refractivity contribution in [3.05, 3.63) is 44.0 Å². The molecule has 1 saturated heterocycles. The van der Waals surface area contributed by atoms with Crippen molar-refractivity contribution in [2.75, 3.05) is 46.8 Å². The highest BCUT2D eigenvalue weighted by atomic mass is 31.2. The average Bonchev–Trinajstić information content (AvgIpc) is 3.17. The summed E-state index contributed by atoms with van der Waals surface area (Å²) in [4.78, 5) is 30.7. The van der Waals surface area contributed by atoms with Crippen LogP contribution in [0.25, 0.3) is 4.85 Å². The summed E-state index contributed by atoms with van der Waals surface area (Å²) in [7, 11) is -2.84. The van der Waals surface area contributed by atoms with E-state index in [1.165, 1.54) is 10.8 Å². The number of rotatable bonds is 15. The van der Waals surface area contributed by atoms with Gasteiger partial charge in [-0.15, -0.1) is 0 Å². The van der Waals surface area contributed by atoms with Crippen LogP contribution < -0.4 is 11.2 Å². The molecule has 14 heteroatoms. The Balaban J connectivity index is 2.65. The van der Waals surface area contributed by atoms with Crippen LogP contribution in [-0.2, 0) is 27.8 Å². The molecule has 2 heterocycles. The Morgan fingerprint density at radius 1 is 1.15 bits per heavy atom. The number of aryl methyl sites for hydroxylation is 1. The number of ether oxygens (including phenoxy) is 3. The van der Waals surface area contributed by atoms with Crippen molar-refractivity contribution >= 4 is 15.7 Å². The lowest BCUT2D eigenvalue weighted by Gasteiger charge is -2.39. The predicted octanol–water partition coefficient (Wildman–Crippen LogP) is 3.45. The fourth-order valence-corrected chi connectivity index (χ4v) is 7.06. The molecular formula is C25H44N4O8P2. The van der Waals surface area contributed by atoms with Crippen molar-refractivity contribution in [2.45, 2.75) is 83.8 Å². The molecule has 6 atom stereocenters. The molecule has 1 fully saturated rings. The van der Waals surface area contributed by atoms with Gasteiger partial charge in [0, 0.05) is 36.6 Å². The van der Waals surface area contributed by atoms with Crippen LogP contribution in [0.2, 0.25) is 0 Å². The minimum atomic E-state index is -2.70. The van der Waals surface area contributed by atoms with Crippen molar-refractivity contribution in [3.8, 4) is 0 Å². The fraction of sp³-hybridized carbons (Fsp3) is 0.800. The van der Waals surface area contributed by atoms with Crippen molar-refractivity contribution in [3.63, 3.8) is 0 Å². The van der Waals surface area contributed by atoms with Gasteiger partial charge in [-0.3, -0.25) is 14.3 Å². The highest BCUT2D eigenvalue weighted by Gasteiger charge is 2.53. The van der Waals surface area contributed by atoms with Crippen LogP contribution in [0.1, 0.15) is 46.4 Å². The number of aromatic amines is 1. The zero-order valence-corrected chi connectivity index (χ0v) is 26.2. The van der Waals surface area contributed by atoms with Crippen LogP contribution in [0.3, 0.4) is 0 Å². The van der Waals surface area contributed by atoms with Crippen molar-refractivity contribution < 1.29 is 27.8 Å². The van der Waals surface area contributed by atoms with E-state index < -0.39 is 57.1 Å². The van der Waals surface area contributed by atoms with E-state index in [9.17, 15) is 14.2 Å². The largest absolute Gasteiger partial charge is 0.382 e. The van der Waals surface area contributed by atoms with Gasteiger partial charge < -0.3 is 32.7 Å². The van der Waals surface area contributed by atoms with Crippen molar-refractivity contribution in [2.24, 2.45) is 0 Å². The lowest BCUT2D eigenvalue weighted by Crippen LogP contribution is -2.44. The Bertz CT molecular complexity index is 1120. The molecule has 12 nitrogen and oxygen atoms in total. The van der Waals surface area contributed by atoms with Crippen LogP contribution in [0.5, 0.6) is 0 Å². The third-order valence-electron chi connectivity index (χ3n) is 6.56. The van der Waals surface area contributed by atoms with E-state index in [1.807, 2.05) is 34.6 Å². The molecular weight excluding hydrogens is 546 g/mol. The quantitative estimate of drug-likeness (QED) is 0.186. The normalized spacial score (nSPS) is 23.5. The topological polar surface area (TPSA) is 126 Å². The second-order valence-corrected chi connectivity index (χ2v) is 15.7. The third-order valence-corrected chi connectivity index (χ3v) is 10.9. The van der Waals surface area contributed by atoms with E-state index in [1.54, 1.807) is 27.4 Å². The highest BCUT2D eigenvalue weighted by Crippen LogP contribution is 2.54. The second kappa shape index (κ2) is 15.0. The summed E-state index contributed by atoms with van der Waals surface area (Å²) in [5.74, 6) is 0. The molecule has 1 unspecified atom stereocenters. The monoisotopic (exact) mass is 590 g/mol. The predicted molar refractivity (Wildman–Crippen MR) is 152 cm³/mol. The standard InChI is InChI=1S/C25H44N4O8P2/c1-16(2)29(17(3)4)38(35-12-11-26-7)37-21-20(19(6)39(9,10)32)36-24(22(21)34-14-13-33-8)28-15-18(5)23(30)27-25(28)31/h15-17,19-22,24H,11-14H2,1-6,8-10H3,(H,27,30,31)/t19-,20+,21+,22+,24+,38?/m0/s1. The number of nitrogens with one attached hydrogen (secondary N) is 1. The fourth-order valence-electron chi connectivity index (χ4n) is 4.36. The lowest BCUT2D eigenvalue weighted by atomic mass is 10.1. The number of hydrogen-bond acceptors (Lipinski definition) is 9. The number of aromatic nitrogens is 2. The Labute approximate surface area is 232 Å². The lowest BCUT2D eigenvalue weighted by molar-refractivity contribution is -0.0784. The summed E-state index contributed by atoms with van der Waals surface area (Å²) < 4.78 is 47.4. The van der Waals surface area contributed by atoms with Crippen molar-refractivity contribution in [1.82, 2.24) is 14.2 Å². The van der Waals surface area contributed by atoms with Crippen LogP contribution in [0, 0.1) is 13.5 Å². The molecule has 0 saturated carbocycles. The first-order valence-electron chi connectivity index (χ1n) is 13.1.